The van der Waals surface area contributed by atoms with Crippen LogP contribution in [0.25, 0.3) is 0 Å². The summed E-state index contributed by atoms with van der Waals surface area (Å²) >= 11 is 0. The van der Waals surface area contributed by atoms with Gasteiger partial charge in [0.2, 0.25) is 11.9 Å². The van der Waals surface area contributed by atoms with Crippen molar-refractivity contribution >= 4 is 17.7 Å². The van der Waals surface area contributed by atoms with Crippen molar-refractivity contribution in [3.63, 3.8) is 0 Å². The summed E-state index contributed by atoms with van der Waals surface area (Å²) in [5.41, 5.74) is 0.858. The molecule has 1 rings (SSSR count). The molecule has 1 amide bonds. The zero-order valence-corrected chi connectivity index (χ0v) is 12.3. The highest BCUT2D eigenvalue weighted by molar-refractivity contribution is 5.83. The zero-order valence-electron chi connectivity index (χ0n) is 12.3. The molecule has 0 radical (unpaired) electrons. The van der Waals surface area contributed by atoms with E-state index in [9.17, 15) is 4.79 Å². The van der Waals surface area contributed by atoms with Crippen LogP contribution in [0.5, 0.6) is 0 Å². The molecule has 2 N–H and O–H groups in total. The number of nitrogens with zero attached hydrogens (tertiary/aromatic N) is 3. The van der Waals surface area contributed by atoms with Gasteiger partial charge in [0.05, 0.1) is 0 Å². The number of carbonyl (C=O) groups is 1. The number of anilines is 2. The van der Waals surface area contributed by atoms with Crippen molar-refractivity contribution in [3.8, 4) is 0 Å². The lowest BCUT2D eigenvalue weighted by atomic mass is 10.3. The predicted octanol–water partition coefficient (Wildman–Crippen LogP) is 1.50. The fourth-order valence-corrected chi connectivity index (χ4v) is 1.65. The van der Waals surface area contributed by atoms with Gasteiger partial charge in [0.25, 0.3) is 0 Å². The second-order valence-corrected chi connectivity index (χ2v) is 4.47. The molecule has 6 heteroatoms. The molecule has 0 saturated heterocycles. The maximum Gasteiger partial charge on any atom is 0.244 e. The zero-order chi connectivity index (χ0) is 14.4. The number of aromatic nitrogens is 2. The van der Waals surface area contributed by atoms with Crippen LogP contribution in [-0.4, -0.2) is 47.0 Å². The van der Waals surface area contributed by atoms with Crippen molar-refractivity contribution in [3.05, 3.63) is 11.8 Å². The Bertz CT molecular complexity index is 435. The van der Waals surface area contributed by atoms with Crippen LogP contribution in [0.2, 0.25) is 0 Å². The van der Waals surface area contributed by atoms with Crippen molar-refractivity contribution in [2.24, 2.45) is 0 Å². The molecule has 0 fully saturated rings. The molecular weight excluding hydrogens is 242 g/mol. The summed E-state index contributed by atoms with van der Waals surface area (Å²) in [6.07, 6.45) is 0. The van der Waals surface area contributed by atoms with Gasteiger partial charge in [-0.25, -0.2) is 4.98 Å². The molecule has 1 aromatic heterocycles. The SMILES string of the molecule is CCNc1nc(C)cc(NC(C)C(=O)N(C)CC)n1. The van der Waals surface area contributed by atoms with E-state index in [-0.39, 0.29) is 11.9 Å². The smallest absolute Gasteiger partial charge is 0.244 e. The molecule has 0 saturated carbocycles. The lowest BCUT2D eigenvalue weighted by molar-refractivity contribution is -0.130. The van der Waals surface area contributed by atoms with E-state index >= 15 is 0 Å². The summed E-state index contributed by atoms with van der Waals surface area (Å²) in [7, 11) is 1.79. The second kappa shape index (κ2) is 6.92. The van der Waals surface area contributed by atoms with Gasteiger partial charge in [0, 0.05) is 31.9 Å². The van der Waals surface area contributed by atoms with Crippen LogP contribution >= 0.6 is 0 Å². The topological polar surface area (TPSA) is 70.2 Å². The van der Waals surface area contributed by atoms with Gasteiger partial charge in [-0.2, -0.15) is 4.98 Å². The van der Waals surface area contributed by atoms with Crippen molar-refractivity contribution in [1.82, 2.24) is 14.9 Å². The third-order valence-corrected chi connectivity index (χ3v) is 2.77. The molecule has 0 aliphatic heterocycles. The van der Waals surface area contributed by atoms with Crippen LogP contribution in [0.3, 0.4) is 0 Å². The maximum absolute atomic E-state index is 12.0. The quantitative estimate of drug-likeness (QED) is 0.815. The van der Waals surface area contributed by atoms with Crippen LogP contribution in [0.15, 0.2) is 6.07 Å². The highest BCUT2D eigenvalue weighted by Crippen LogP contribution is 2.11. The van der Waals surface area contributed by atoms with Gasteiger partial charge < -0.3 is 15.5 Å². The van der Waals surface area contributed by atoms with Gasteiger partial charge in [0.15, 0.2) is 0 Å². The normalized spacial score (nSPS) is 11.8. The molecule has 0 aromatic carbocycles. The van der Waals surface area contributed by atoms with E-state index in [4.69, 9.17) is 0 Å². The van der Waals surface area contributed by atoms with Crippen LogP contribution in [-0.2, 0) is 4.79 Å². The third kappa shape index (κ3) is 4.39. The Morgan fingerprint density at radius 3 is 2.68 bits per heavy atom. The van der Waals surface area contributed by atoms with E-state index in [1.165, 1.54) is 0 Å². The first-order chi connectivity index (χ1) is 8.97. The van der Waals surface area contributed by atoms with Gasteiger partial charge in [-0.15, -0.1) is 0 Å². The molecule has 0 aliphatic carbocycles. The molecule has 0 spiro atoms. The van der Waals surface area contributed by atoms with Crippen molar-refractivity contribution in [1.29, 1.82) is 0 Å². The molecule has 0 aliphatic rings. The number of rotatable bonds is 6. The van der Waals surface area contributed by atoms with Crippen LogP contribution in [0.4, 0.5) is 11.8 Å². The van der Waals surface area contributed by atoms with E-state index in [1.807, 2.05) is 33.8 Å². The Balaban J connectivity index is 2.78. The monoisotopic (exact) mass is 265 g/mol. The molecular formula is C13H23N5O. The van der Waals surface area contributed by atoms with Crippen molar-refractivity contribution in [2.75, 3.05) is 30.8 Å². The van der Waals surface area contributed by atoms with Gasteiger partial charge in [0.1, 0.15) is 11.9 Å². The lowest BCUT2D eigenvalue weighted by Gasteiger charge is -2.21. The molecule has 1 heterocycles. The van der Waals surface area contributed by atoms with Gasteiger partial charge >= 0.3 is 0 Å². The molecule has 0 bridgehead atoms. The number of hydrogen-bond acceptors (Lipinski definition) is 5. The van der Waals surface area contributed by atoms with E-state index in [0.717, 1.165) is 12.2 Å². The van der Waals surface area contributed by atoms with E-state index in [1.54, 1.807) is 11.9 Å². The lowest BCUT2D eigenvalue weighted by Crippen LogP contribution is -2.39. The van der Waals surface area contributed by atoms with Crippen LogP contribution in [0.1, 0.15) is 26.5 Å². The maximum atomic E-state index is 12.0. The molecule has 1 atom stereocenters. The molecule has 1 unspecified atom stereocenters. The molecule has 19 heavy (non-hydrogen) atoms. The highest BCUT2D eigenvalue weighted by atomic mass is 16.2. The fraction of sp³-hybridized carbons (Fsp3) is 0.615. The van der Waals surface area contributed by atoms with E-state index in [2.05, 4.69) is 20.6 Å². The van der Waals surface area contributed by atoms with Gasteiger partial charge in [-0.05, 0) is 27.7 Å². The summed E-state index contributed by atoms with van der Waals surface area (Å²) in [6, 6.07) is 1.52. The number of nitrogens with one attached hydrogen (secondary N) is 2. The largest absolute Gasteiger partial charge is 0.358 e. The summed E-state index contributed by atoms with van der Waals surface area (Å²) < 4.78 is 0. The van der Waals surface area contributed by atoms with Gasteiger partial charge in [-0.3, -0.25) is 4.79 Å². The average molecular weight is 265 g/mol. The first kappa shape index (κ1) is 15.2. The van der Waals surface area contributed by atoms with Crippen LogP contribution in [0, 0.1) is 6.92 Å². The number of amides is 1. The minimum atomic E-state index is -0.311. The first-order valence-corrected chi connectivity index (χ1v) is 6.59. The van der Waals surface area contributed by atoms with Gasteiger partial charge in [-0.1, -0.05) is 0 Å². The molecule has 106 valence electrons. The first-order valence-electron chi connectivity index (χ1n) is 6.59. The average Bonchev–Trinajstić information content (AvgIpc) is 2.36. The standard InChI is InChI=1S/C13H23N5O/c1-6-14-13-15-9(3)8-11(17-13)16-10(4)12(19)18(5)7-2/h8,10H,6-7H2,1-5H3,(H2,14,15,16,17). The van der Waals surface area contributed by atoms with Crippen molar-refractivity contribution in [2.45, 2.75) is 33.7 Å². The number of aryl methyl sites for hydroxylation is 1. The Morgan fingerprint density at radius 2 is 2.11 bits per heavy atom. The molecule has 6 nitrogen and oxygen atoms in total. The van der Waals surface area contributed by atoms with Crippen LogP contribution < -0.4 is 10.6 Å². The summed E-state index contributed by atoms with van der Waals surface area (Å²) in [4.78, 5) is 22.3. The minimum absolute atomic E-state index is 0.0452. The third-order valence-electron chi connectivity index (χ3n) is 2.77. The van der Waals surface area contributed by atoms with E-state index < -0.39 is 0 Å². The highest BCUT2D eigenvalue weighted by Gasteiger charge is 2.16. The summed E-state index contributed by atoms with van der Waals surface area (Å²) in [5.74, 6) is 1.28. The second-order valence-electron chi connectivity index (χ2n) is 4.47. The Labute approximate surface area is 114 Å². The fourth-order valence-electron chi connectivity index (χ4n) is 1.65. The minimum Gasteiger partial charge on any atom is -0.358 e. The summed E-state index contributed by atoms with van der Waals surface area (Å²) in [5, 5.41) is 6.18. The van der Waals surface area contributed by atoms with E-state index in [0.29, 0.717) is 18.3 Å². The Kier molecular flexibility index (Phi) is 5.54. The Hall–Kier alpha value is -1.85. The number of hydrogen-bond donors (Lipinski definition) is 2. The number of carbonyl (C=O) groups excluding carboxylic acids is 1. The Morgan fingerprint density at radius 1 is 1.42 bits per heavy atom. The van der Waals surface area contributed by atoms with Crippen molar-refractivity contribution < 1.29 is 4.79 Å². The summed E-state index contributed by atoms with van der Waals surface area (Å²) in [6.45, 7) is 9.12. The predicted molar refractivity (Wildman–Crippen MR) is 77.3 cm³/mol. The molecule has 1 aromatic rings. The number of likely N-dealkylation sites (N-methyl/N-ethyl adjacent to an activating group) is 1.